The summed E-state index contributed by atoms with van der Waals surface area (Å²) in [4.78, 5) is 10.1. The number of benzene rings is 3. The predicted octanol–water partition coefficient (Wildman–Crippen LogP) is 9.57. The van der Waals surface area contributed by atoms with Crippen LogP contribution < -0.4 is 14.2 Å². The maximum atomic E-state index is 10.5. The van der Waals surface area contributed by atoms with Gasteiger partial charge in [-0.2, -0.15) is 0 Å². The van der Waals surface area contributed by atoms with Crippen molar-refractivity contribution >= 4 is 23.9 Å². The summed E-state index contributed by atoms with van der Waals surface area (Å²) in [5.41, 5.74) is 4.02. The van der Waals surface area contributed by atoms with E-state index in [1.165, 1.54) is 17.7 Å². The molecule has 0 heterocycles. The smallest absolute Gasteiger partial charge is 0.270 e. The largest absolute Gasteiger partial charge is 0.490 e. The first-order valence-electron chi connectivity index (χ1n) is 13.3. The van der Waals surface area contributed by atoms with Crippen LogP contribution in [-0.2, 0) is 0 Å². The van der Waals surface area contributed by atoms with Gasteiger partial charge in [0.25, 0.3) is 5.69 Å². The van der Waals surface area contributed by atoms with Crippen LogP contribution in [0.25, 0.3) is 18.2 Å². The molecule has 3 aromatic carbocycles. The van der Waals surface area contributed by atoms with Crippen LogP contribution in [0.3, 0.4) is 0 Å². The number of non-ortho nitro benzene ring substituents is 1. The number of nitro benzene ring substituents is 1. The quantitative estimate of drug-likeness (QED) is 0.187. The normalized spacial score (nSPS) is 10.1. The lowest BCUT2D eigenvalue weighted by molar-refractivity contribution is -0.384. The Bertz CT molecular complexity index is 1260. The Labute approximate surface area is 239 Å². The molecule has 0 N–H and O–H groups in total. The number of hydrogen-bond acceptors (Lipinski definition) is 5. The molecule has 0 aliphatic heterocycles. The van der Waals surface area contributed by atoms with Crippen LogP contribution in [0, 0.1) is 17.0 Å². The molecule has 0 amide bonds. The number of aryl methyl sites for hydroxylation is 1. The molecule has 214 valence electrons. The van der Waals surface area contributed by atoms with Gasteiger partial charge in [0, 0.05) is 28.8 Å². The van der Waals surface area contributed by atoms with Crippen molar-refractivity contribution in [1.29, 1.82) is 0 Å². The van der Waals surface area contributed by atoms with Crippen molar-refractivity contribution in [3.8, 4) is 17.2 Å². The minimum Gasteiger partial charge on any atom is -0.490 e. The summed E-state index contributed by atoms with van der Waals surface area (Å²) < 4.78 is 16.7. The Kier molecular flexibility index (Phi) is 14.6. The molecule has 0 unspecified atom stereocenters. The second kappa shape index (κ2) is 17.3. The number of nitrogens with zero attached hydrogens (tertiary/aromatic N) is 1. The number of ether oxygens (including phenoxy) is 3. The highest BCUT2D eigenvalue weighted by Gasteiger charge is 2.10. The zero-order valence-electron chi connectivity index (χ0n) is 24.8. The lowest BCUT2D eigenvalue weighted by Crippen LogP contribution is -2.06. The second-order valence-corrected chi connectivity index (χ2v) is 9.67. The molecule has 0 atom stereocenters. The highest BCUT2D eigenvalue weighted by molar-refractivity contribution is 5.60. The van der Waals surface area contributed by atoms with E-state index in [1.54, 1.807) is 18.2 Å². The molecular weight excluding hydrogens is 502 g/mol. The second-order valence-electron chi connectivity index (χ2n) is 9.67. The van der Waals surface area contributed by atoms with Gasteiger partial charge in [0.15, 0.2) is 0 Å². The summed E-state index contributed by atoms with van der Waals surface area (Å²) >= 11 is 0. The first-order valence-corrected chi connectivity index (χ1v) is 13.3. The van der Waals surface area contributed by atoms with Crippen LogP contribution in [0.5, 0.6) is 17.2 Å². The van der Waals surface area contributed by atoms with E-state index < -0.39 is 4.92 Å². The first-order chi connectivity index (χ1) is 18.9. The van der Waals surface area contributed by atoms with Gasteiger partial charge in [0.05, 0.1) is 23.2 Å². The Balaban J connectivity index is 0.000000302. The van der Waals surface area contributed by atoms with Crippen molar-refractivity contribution in [2.75, 3.05) is 0 Å². The van der Waals surface area contributed by atoms with Crippen LogP contribution in [0.4, 0.5) is 5.69 Å². The van der Waals surface area contributed by atoms with Gasteiger partial charge in [-0.25, -0.2) is 0 Å². The molecule has 0 saturated carbocycles. The first kappa shape index (κ1) is 33.7. The van der Waals surface area contributed by atoms with Crippen molar-refractivity contribution in [2.24, 2.45) is 0 Å². The topological polar surface area (TPSA) is 70.8 Å². The minimum absolute atomic E-state index is 0.0326. The summed E-state index contributed by atoms with van der Waals surface area (Å²) in [7, 11) is 0. The number of para-hydroxylation sites is 1. The van der Waals surface area contributed by atoms with Gasteiger partial charge in [0.2, 0.25) is 0 Å². The van der Waals surface area contributed by atoms with E-state index in [4.69, 9.17) is 14.2 Å². The van der Waals surface area contributed by atoms with Gasteiger partial charge in [0.1, 0.15) is 17.2 Å². The number of rotatable bonds is 10. The molecule has 0 radical (unpaired) electrons. The summed E-state index contributed by atoms with van der Waals surface area (Å²) in [6.45, 7) is 25.0. The average molecular weight is 546 g/mol. The average Bonchev–Trinajstić information content (AvgIpc) is 2.90. The Morgan fingerprint density at radius 2 is 1.07 bits per heavy atom. The molecular formula is C34H43NO5. The Morgan fingerprint density at radius 3 is 1.52 bits per heavy atom. The van der Waals surface area contributed by atoms with E-state index in [1.807, 2.05) is 84.0 Å². The third kappa shape index (κ3) is 12.0. The van der Waals surface area contributed by atoms with E-state index in [2.05, 4.69) is 32.7 Å². The molecule has 3 rings (SSSR count). The van der Waals surface area contributed by atoms with Crippen LogP contribution >= 0.6 is 0 Å². The monoisotopic (exact) mass is 545 g/mol. The van der Waals surface area contributed by atoms with Crippen molar-refractivity contribution in [2.45, 2.75) is 66.8 Å². The highest BCUT2D eigenvalue weighted by atomic mass is 16.6. The van der Waals surface area contributed by atoms with Crippen LogP contribution in [0.2, 0.25) is 0 Å². The summed E-state index contributed by atoms with van der Waals surface area (Å²) in [6.07, 6.45) is 5.63. The molecule has 40 heavy (non-hydrogen) atoms. The highest BCUT2D eigenvalue weighted by Crippen LogP contribution is 2.26. The van der Waals surface area contributed by atoms with E-state index in [9.17, 15) is 10.1 Å². The summed E-state index contributed by atoms with van der Waals surface area (Å²) in [5.74, 6) is 2.43. The molecule has 6 heteroatoms. The fraction of sp³-hybridized carbons (Fsp3) is 0.294. The molecule has 0 aliphatic carbocycles. The van der Waals surface area contributed by atoms with Crippen LogP contribution in [0.15, 0.2) is 80.4 Å². The summed E-state index contributed by atoms with van der Waals surface area (Å²) in [6, 6.07) is 18.5. The van der Waals surface area contributed by atoms with E-state index >= 15 is 0 Å². The van der Waals surface area contributed by atoms with Gasteiger partial charge >= 0.3 is 0 Å². The third-order valence-electron chi connectivity index (χ3n) is 5.04. The molecule has 0 spiro atoms. The van der Waals surface area contributed by atoms with Gasteiger partial charge in [-0.05, 0) is 72.7 Å². The fourth-order valence-electron chi connectivity index (χ4n) is 3.37. The lowest BCUT2D eigenvalue weighted by Gasteiger charge is -2.12. The lowest BCUT2D eigenvalue weighted by atomic mass is 10.1. The van der Waals surface area contributed by atoms with Gasteiger partial charge in [-0.1, -0.05) is 67.8 Å². The van der Waals surface area contributed by atoms with Crippen molar-refractivity contribution in [3.05, 3.63) is 113 Å². The molecule has 3 aromatic rings. The maximum absolute atomic E-state index is 10.5. The molecule has 0 saturated heterocycles. The predicted molar refractivity (Wildman–Crippen MR) is 168 cm³/mol. The van der Waals surface area contributed by atoms with E-state index in [-0.39, 0.29) is 24.0 Å². The van der Waals surface area contributed by atoms with E-state index in [0.29, 0.717) is 11.3 Å². The molecule has 0 fully saturated rings. The Hall–Kier alpha value is -4.32. The van der Waals surface area contributed by atoms with E-state index in [0.717, 1.165) is 22.6 Å². The maximum Gasteiger partial charge on any atom is 0.270 e. The number of hydrogen-bond donors (Lipinski definition) is 0. The zero-order chi connectivity index (χ0) is 30.2. The van der Waals surface area contributed by atoms with Gasteiger partial charge in [-0.15, -0.1) is 0 Å². The van der Waals surface area contributed by atoms with Gasteiger partial charge in [-0.3, -0.25) is 10.1 Å². The fourth-order valence-corrected chi connectivity index (χ4v) is 3.37. The molecule has 6 nitrogen and oxygen atoms in total. The molecule has 0 aromatic heterocycles. The summed E-state index contributed by atoms with van der Waals surface area (Å²) in [5, 5.41) is 10.5. The Morgan fingerprint density at radius 1 is 0.650 bits per heavy atom. The number of nitro groups is 1. The van der Waals surface area contributed by atoms with Gasteiger partial charge < -0.3 is 14.2 Å². The SMILES string of the molecule is C=Cc1cc(C)ccc1OC(C)C.C=Cc1cc([N+](=O)[O-])ccc1OC(C)C.C=Cc1ccccc1OC(C)C. The van der Waals surface area contributed by atoms with Crippen molar-refractivity contribution < 1.29 is 19.1 Å². The van der Waals surface area contributed by atoms with Crippen molar-refractivity contribution in [3.63, 3.8) is 0 Å². The van der Waals surface area contributed by atoms with Crippen LogP contribution in [0.1, 0.15) is 63.8 Å². The minimum atomic E-state index is -0.438. The molecule has 0 aliphatic rings. The third-order valence-corrected chi connectivity index (χ3v) is 5.04. The zero-order valence-corrected chi connectivity index (χ0v) is 24.8. The van der Waals surface area contributed by atoms with Crippen LogP contribution in [-0.4, -0.2) is 23.2 Å². The van der Waals surface area contributed by atoms with Crippen molar-refractivity contribution in [1.82, 2.24) is 0 Å². The standard InChI is InChI=1S/C12H16O.C11H13NO3.C11H14O/c1-5-11-8-10(4)6-7-12(11)13-9(2)3;1-4-9-7-10(12(13)14)5-6-11(9)15-8(2)3;1-4-10-7-5-6-8-11(10)12-9(2)3/h5-9H,1H2,2-4H3;4-8H,1H2,2-3H3;4-9H,1H2,2-3H3. The molecule has 0 bridgehead atoms.